The Morgan fingerprint density at radius 1 is 1.17 bits per heavy atom. The van der Waals surface area contributed by atoms with Crippen LogP contribution in [-0.2, 0) is 7.05 Å². The smallest absolute Gasteiger partial charge is 0.134 e. The van der Waals surface area contributed by atoms with Gasteiger partial charge in [-0.05, 0) is 17.5 Å². The van der Waals surface area contributed by atoms with Gasteiger partial charge in [0.05, 0.1) is 6.20 Å². The third kappa shape index (κ3) is 1.96. The van der Waals surface area contributed by atoms with Gasteiger partial charge in [0.2, 0.25) is 0 Å². The summed E-state index contributed by atoms with van der Waals surface area (Å²) >= 11 is 0. The lowest BCUT2D eigenvalue weighted by atomic mass is 9.97. The average Bonchev–Trinajstić information content (AvgIpc) is 2.60. The largest absolute Gasteiger partial charge is 0.383 e. The maximum absolute atomic E-state index is 13.8. The third-order valence-corrected chi connectivity index (χ3v) is 2.98. The molecule has 0 spiro atoms. The lowest BCUT2D eigenvalue weighted by Gasteiger charge is -2.10. The molecular weight excluding hydrogens is 236 g/mol. The Labute approximate surface area is 104 Å². The third-order valence-electron chi connectivity index (χ3n) is 2.98. The molecule has 5 heteroatoms. The number of nitrogens with two attached hydrogens (primary N) is 1. The van der Waals surface area contributed by atoms with Crippen LogP contribution in [0.1, 0.15) is 25.3 Å². The van der Waals surface area contributed by atoms with E-state index in [2.05, 4.69) is 5.10 Å². The van der Waals surface area contributed by atoms with Crippen LogP contribution in [0.4, 0.5) is 14.6 Å². The highest BCUT2D eigenvalue weighted by molar-refractivity contribution is 5.74. The zero-order chi connectivity index (χ0) is 13.4. The van der Waals surface area contributed by atoms with Gasteiger partial charge in [0.25, 0.3) is 0 Å². The first-order chi connectivity index (χ1) is 8.41. The number of rotatable bonds is 2. The number of halogens is 2. The molecule has 0 saturated heterocycles. The molecular formula is C13H15F2N3. The molecule has 0 aliphatic carbocycles. The fourth-order valence-corrected chi connectivity index (χ4v) is 1.87. The Bertz CT molecular complexity index is 588. The van der Waals surface area contributed by atoms with E-state index >= 15 is 0 Å². The van der Waals surface area contributed by atoms with E-state index in [0.717, 1.165) is 6.07 Å². The van der Waals surface area contributed by atoms with Crippen molar-refractivity contribution in [3.8, 4) is 11.1 Å². The van der Waals surface area contributed by atoms with E-state index in [1.807, 2.05) is 13.8 Å². The van der Waals surface area contributed by atoms with Crippen molar-refractivity contribution < 1.29 is 8.78 Å². The molecule has 1 aromatic heterocycles. The van der Waals surface area contributed by atoms with E-state index in [0.29, 0.717) is 16.9 Å². The number of nitrogen functional groups attached to an aromatic ring is 1. The summed E-state index contributed by atoms with van der Waals surface area (Å²) in [6, 6.07) is 2.40. The molecule has 0 radical (unpaired) electrons. The molecule has 2 N–H and O–H groups in total. The molecule has 3 nitrogen and oxygen atoms in total. The SMILES string of the molecule is CC(C)c1cc(-c2cnn(C)c2N)c(F)cc1F. The fraction of sp³-hybridized carbons (Fsp3) is 0.308. The first-order valence-corrected chi connectivity index (χ1v) is 5.68. The molecule has 96 valence electrons. The summed E-state index contributed by atoms with van der Waals surface area (Å²) in [6.45, 7) is 3.71. The van der Waals surface area contributed by atoms with Crippen molar-refractivity contribution in [2.75, 3.05) is 5.73 Å². The lowest BCUT2D eigenvalue weighted by molar-refractivity contribution is 0.567. The zero-order valence-corrected chi connectivity index (χ0v) is 10.5. The Hall–Kier alpha value is -1.91. The molecule has 0 amide bonds. The molecule has 0 saturated carbocycles. The zero-order valence-electron chi connectivity index (χ0n) is 10.5. The van der Waals surface area contributed by atoms with Crippen molar-refractivity contribution in [2.45, 2.75) is 19.8 Å². The first-order valence-electron chi connectivity index (χ1n) is 5.68. The van der Waals surface area contributed by atoms with Gasteiger partial charge in [-0.25, -0.2) is 8.78 Å². The van der Waals surface area contributed by atoms with E-state index in [-0.39, 0.29) is 11.5 Å². The van der Waals surface area contributed by atoms with Crippen LogP contribution in [0.2, 0.25) is 0 Å². The molecule has 1 heterocycles. The monoisotopic (exact) mass is 251 g/mol. The minimum absolute atomic E-state index is 0.0257. The second-order valence-corrected chi connectivity index (χ2v) is 4.58. The summed E-state index contributed by atoms with van der Waals surface area (Å²) in [7, 11) is 1.67. The number of benzene rings is 1. The summed E-state index contributed by atoms with van der Waals surface area (Å²) in [6.07, 6.45) is 1.48. The molecule has 0 fully saturated rings. The molecule has 0 aliphatic rings. The first kappa shape index (κ1) is 12.5. The summed E-state index contributed by atoms with van der Waals surface area (Å²) in [5, 5.41) is 3.96. The highest BCUT2D eigenvalue weighted by Gasteiger charge is 2.17. The fourth-order valence-electron chi connectivity index (χ4n) is 1.87. The van der Waals surface area contributed by atoms with Gasteiger partial charge in [0.15, 0.2) is 0 Å². The van der Waals surface area contributed by atoms with Crippen molar-refractivity contribution in [3.63, 3.8) is 0 Å². The molecule has 0 unspecified atom stereocenters. The van der Waals surface area contributed by atoms with E-state index in [1.165, 1.54) is 16.9 Å². The van der Waals surface area contributed by atoms with Crippen molar-refractivity contribution >= 4 is 5.82 Å². The molecule has 1 aromatic carbocycles. The molecule has 2 rings (SSSR count). The highest BCUT2D eigenvalue weighted by Crippen LogP contribution is 2.31. The van der Waals surface area contributed by atoms with Crippen LogP contribution in [-0.4, -0.2) is 9.78 Å². The number of nitrogens with zero attached hydrogens (tertiary/aromatic N) is 2. The van der Waals surface area contributed by atoms with Crippen molar-refractivity contribution in [1.82, 2.24) is 9.78 Å². The van der Waals surface area contributed by atoms with Gasteiger partial charge in [-0.1, -0.05) is 13.8 Å². The van der Waals surface area contributed by atoms with Crippen LogP contribution < -0.4 is 5.73 Å². The van der Waals surface area contributed by atoms with E-state index in [4.69, 9.17) is 5.73 Å². The summed E-state index contributed by atoms with van der Waals surface area (Å²) in [5.74, 6) is -0.831. The van der Waals surface area contributed by atoms with E-state index < -0.39 is 11.6 Å². The number of aryl methyl sites for hydroxylation is 1. The molecule has 0 bridgehead atoms. The maximum Gasteiger partial charge on any atom is 0.134 e. The minimum atomic E-state index is -0.628. The van der Waals surface area contributed by atoms with Crippen LogP contribution in [0.25, 0.3) is 11.1 Å². The number of anilines is 1. The summed E-state index contributed by atoms with van der Waals surface area (Å²) < 4.78 is 28.9. The molecule has 0 aliphatic heterocycles. The quantitative estimate of drug-likeness (QED) is 0.891. The second-order valence-electron chi connectivity index (χ2n) is 4.58. The topological polar surface area (TPSA) is 43.8 Å². The van der Waals surface area contributed by atoms with Crippen LogP contribution in [0.5, 0.6) is 0 Å². The highest BCUT2D eigenvalue weighted by atomic mass is 19.1. The Balaban J connectivity index is 2.64. The standard InChI is InChI=1S/C13H15F2N3/c1-7(2)8-4-9(12(15)5-11(8)14)10-6-17-18(3)13(10)16/h4-7H,16H2,1-3H3. The van der Waals surface area contributed by atoms with Gasteiger partial charge in [-0.15, -0.1) is 0 Å². The van der Waals surface area contributed by atoms with Crippen molar-refractivity contribution in [2.24, 2.45) is 7.05 Å². The average molecular weight is 251 g/mol. The predicted molar refractivity (Wildman–Crippen MR) is 67.1 cm³/mol. The summed E-state index contributed by atoms with van der Waals surface area (Å²) in [4.78, 5) is 0. The van der Waals surface area contributed by atoms with Crippen LogP contribution in [0.15, 0.2) is 18.3 Å². The van der Waals surface area contributed by atoms with Gasteiger partial charge < -0.3 is 5.73 Å². The molecule has 0 atom stereocenters. The molecule has 2 aromatic rings. The Morgan fingerprint density at radius 2 is 1.83 bits per heavy atom. The van der Waals surface area contributed by atoms with Crippen LogP contribution in [0, 0.1) is 11.6 Å². The minimum Gasteiger partial charge on any atom is -0.383 e. The Kier molecular flexibility index (Phi) is 3.07. The van der Waals surface area contributed by atoms with Crippen LogP contribution in [0.3, 0.4) is 0 Å². The summed E-state index contributed by atoms with van der Waals surface area (Å²) in [5.41, 5.74) is 7.04. The normalized spacial score (nSPS) is 11.2. The number of aromatic nitrogens is 2. The number of hydrogen-bond acceptors (Lipinski definition) is 2. The molecule has 18 heavy (non-hydrogen) atoms. The van der Waals surface area contributed by atoms with Crippen molar-refractivity contribution in [1.29, 1.82) is 0 Å². The van der Waals surface area contributed by atoms with Gasteiger partial charge in [-0.2, -0.15) is 5.10 Å². The van der Waals surface area contributed by atoms with Gasteiger partial charge >= 0.3 is 0 Å². The van der Waals surface area contributed by atoms with E-state index in [1.54, 1.807) is 7.05 Å². The predicted octanol–water partition coefficient (Wildman–Crippen LogP) is 3.07. The lowest BCUT2D eigenvalue weighted by Crippen LogP contribution is -2.00. The Morgan fingerprint density at radius 3 is 2.33 bits per heavy atom. The van der Waals surface area contributed by atoms with E-state index in [9.17, 15) is 8.78 Å². The van der Waals surface area contributed by atoms with Gasteiger partial charge in [0, 0.05) is 24.2 Å². The van der Waals surface area contributed by atoms with Gasteiger partial charge in [0.1, 0.15) is 17.5 Å². The van der Waals surface area contributed by atoms with Crippen molar-refractivity contribution in [3.05, 3.63) is 35.5 Å². The second kappa shape index (κ2) is 4.40. The number of hydrogen-bond donors (Lipinski definition) is 1. The van der Waals surface area contributed by atoms with Crippen LogP contribution >= 0.6 is 0 Å². The van der Waals surface area contributed by atoms with Gasteiger partial charge in [-0.3, -0.25) is 4.68 Å². The maximum atomic E-state index is 13.8.